The third-order valence-electron chi connectivity index (χ3n) is 1.44. The van der Waals surface area contributed by atoms with E-state index in [9.17, 15) is 9.18 Å². The number of aryl methyl sites for hydroxylation is 1. The lowest BCUT2D eigenvalue weighted by molar-refractivity contribution is 0.259. The number of halogens is 1. The van der Waals surface area contributed by atoms with Crippen molar-refractivity contribution in [3.8, 4) is 0 Å². The van der Waals surface area contributed by atoms with Crippen LogP contribution in [0, 0.1) is 12.7 Å². The molecule has 0 aliphatic heterocycles. The number of urea groups is 1. The third-order valence-corrected chi connectivity index (χ3v) is 1.44. The van der Waals surface area contributed by atoms with Crippen LogP contribution in [0.5, 0.6) is 0 Å². The minimum Gasteiger partial charge on any atom is -0.351 e. The molecule has 0 saturated heterocycles. The number of hydrogen-bond donors (Lipinski definition) is 2. The molecule has 64 valence electrons. The average molecular weight is 168 g/mol. The average Bonchev–Trinajstić information content (AvgIpc) is 1.96. The van der Waals surface area contributed by atoms with E-state index in [0.29, 0.717) is 11.3 Å². The number of nitrogens with one attached hydrogen (secondary N) is 1. The van der Waals surface area contributed by atoms with E-state index < -0.39 is 6.03 Å². The van der Waals surface area contributed by atoms with Crippen LogP contribution in [-0.2, 0) is 0 Å². The number of rotatable bonds is 1. The Morgan fingerprint density at radius 3 is 2.75 bits per heavy atom. The molecule has 3 nitrogen and oxygen atoms in total. The molecule has 0 aliphatic carbocycles. The Hall–Kier alpha value is -1.58. The van der Waals surface area contributed by atoms with Gasteiger partial charge in [-0.3, -0.25) is 0 Å². The Bertz CT molecular complexity index is 312. The van der Waals surface area contributed by atoms with Gasteiger partial charge in [-0.05, 0) is 24.6 Å². The number of benzene rings is 1. The molecule has 0 fully saturated rings. The van der Waals surface area contributed by atoms with E-state index in [2.05, 4.69) is 5.32 Å². The molecule has 1 aromatic rings. The van der Waals surface area contributed by atoms with Crippen molar-refractivity contribution in [1.29, 1.82) is 0 Å². The van der Waals surface area contributed by atoms with Gasteiger partial charge in [0.05, 0.1) is 0 Å². The monoisotopic (exact) mass is 168 g/mol. The van der Waals surface area contributed by atoms with E-state index in [1.54, 1.807) is 19.1 Å². The van der Waals surface area contributed by atoms with Crippen molar-refractivity contribution in [2.24, 2.45) is 5.73 Å². The lowest BCUT2D eigenvalue weighted by atomic mass is 10.2. The van der Waals surface area contributed by atoms with Gasteiger partial charge in [0.1, 0.15) is 5.82 Å². The minimum atomic E-state index is -0.696. The third kappa shape index (κ3) is 1.95. The summed E-state index contributed by atoms with van der Waals surface area (Å²) in [5, 5.41) is 2.27. The largest absolute Gasteiger partial charge is 0.351 e. The van der Waals surface area contributed by atoms with Gasteiger partial charge in [-0.1, -0.05) is 6.07 Å². The van der Waals surface area contributed by atoms with E-state index in [0.717, 1.165) is 0 Å². The first-order valence-electron chi connectivity index (χ1n) is 3.42. The zero-order valence-electron chi connectivity index (χ0n) is 6.60. The summed E-state index contributed by atoms with van der Waals surface area (Å²) in [4.78, 5) is 10.4. The summed E-state index contributed by atoms with van der Waals surface area (Å²) < 4.78 is 12.8. The van der Waals surface area contributed by atoms with E-state index in [1.165, 1.54) is 6.07 Å². The lowest BCUT2D eigenvalue weighted by Crippen LogP contribution is -2.19. The first-order chi connectivity index (χ1) is 5.59. The Morgan fingerprint density at radius 2 is 2.25 bits per heavy atom. The number of anilines is 1. The van der Waals surface area contributed by atoms with Crippen LogP contribution in [0.3, 0.4) is 0 Å². The molecule has 0 heterocycles. The zero-order chi connectivity index (χ0) is 9.14. The van der Waals surface area contributed by atoms with Gasteiger partial charge >= 0.3 is 6.03 Å². The first kappa shape index (κ1) is 8.52. The zero-order valence-corrected chi connectivity index (χ0v) is 6.60. The summed E-state index contributed by atoms with van der Waals surface area (Å²) in [6.07, 6.45) is 0. The van der Waals surface area contributed by atoms with E-state index >= 15 is 0 Å². The predicted molar refractivity (Wildman–Crippen MR) is 44.3 cm³/mol. The van der Waals surface area contributed by atoms with E-state index in [-0.39, 0.29) is 5.82 Å². The maximum Gasteiger partial charge on any atom is 0.316 e. The highest BCUT2D eigenvalue weighted by molar-refractivity contribution is 5.87. The number of nitrogens with two attached hydrogens (primary N) is 1. The summed E-state index contributed by atoms with van der Waals surface area (Å²) in [6.45, 7) is 1.64. The maximum atomic E-state index is 12.8. The fourth-order valence-electron chi connectivity index (χ4n) is 0.813. The van der Waals surface area contributed by atoms with Gasteiger partial charge in [0.25, 0.3) is 0 Å². The summed E-state index contributed by atoms with van der Waals surface area (Å²) in [5.41, 5.74) is 5.74. The molecule has 1 aromatic carbocycles. The van der Waals surface area contributed by atoms with Crippen molar-refractivity contribution >= 4 is 11.7 Å². The van der Waals surface area contributed by atoms with E-state index in [4.69, 9.17) is 5.73 Å². The van der Waals surface area contributed by atoms with Crippen molar-refractivity contribution in [3.63, 3.8) is 0 Å². The van der Waals surface area contributed by atoms with Crippen LogP contribution in [0.15, 0.2) is 18.2 Å². The molecule has 0 spiro atoms. The second-order valence-corrected chi connectivity index (χ2v) is 2.45. The second-order valence-electron chi connectivity index (χ2n) is 2.45. The van der Waals surface area contributed by atoms with Gasteiger partial charge in [0.15, 0.2) is 0 Å². The van der Waals surface area contributed by atoms with Crippen LogP contribution in [0.25, 0.3) is 0 Å². The smallest absolute Gasteiger partial charge is 0.316 e. The molecule has 0 radical (unpaired) electrons. The molecule has 0 bridgehead atoms. The van der Waals surface area contributed by atoms with Crippen LogP contribution in [0.4, 0.5) is 14.9 Å². The molecule has 0 aliphatic rings. The van der Waals surface area contributed by atoms with Gasteiger partial charge in [-0.15, -0.1) is 0 Å². The normalized spacial score (nSPS) is 9.50. The van der Waals surface area contributed by atoms with Crippen LogP contribution in [-0.4, -0.2) is 6.03 Å². The summed E-state index contributed by atoms with van der Waals surface area (Å²) in [5.74, 6) is -0.360. The number of hydrogen-bond acceptors (Lipinski definition) is 1. The Kier molecular flexibility index (Phi) is 2.28. The highest BCUT2D eigenvalue weighted by atomic mass is 19.1. The number of carbonyl (C=O) groups is 1. The van der Waals surface area contributed by atoms with Crippen molar-refractivity contribution in [2.45, 2.75) is 6.92 Å². The topological polar surface area (TPSA) is 55.1 Å². The predicted octanol–water partition coefficient (Wildman–Crippen LogP) is 1.62. The molecule has 3 N–H and O–H groups in total. The van der Waals surface area contributed by atoms with Crippen molar-refractivity contribution in [1.82, 2.24) is 0 Å². The fourth-order valence-corrected chi connectivity index (χ4v) is 0.813. The van der Waals surface area contributed by atoms with Crippen LogP contribution < -0.4 is 11.1 Å². The summed E-state index contributed by atoms with van der Waals surface area (Å²) in [6, 6.07) is 3.68. The lowest BCUT2D eigenvalue weighted by Gasteiger charge is -2.02. The highest BCUT2D eigenvalue weighted by Gasteiger charge is 1.99. The number of carbonyl (C=O) groups excluding carboxylic acids is 1. The Morgan fingerprint density at radius 1 is 1.58 bits per heavy atom. The van der Waals surface area contributed by atoms with Crippen molar-refractivity contribution in [2.75, 3.05) is 5.32 Å². The van der Waals surface area contributed by atoms with E-state index in [1.807, 2.05) is 0 Å². The molecular formula is C8H9FN2O. The molecule has 0 unspecified atom stereocenters. The fraction of sp³-hybridized carbons (Fsp3) is 0.125. The van der Waals surface area contributed by atoms with Gasteiger partial charge in [-0.2, -0.15) is 0 Å². The Balaban J connectivity index is 2.89. The van der Waals surface area contributed by atoms with Gasteiger partial charge in [-0.25, -0.2) is 9.18 Å². The Labute approximate surface area is 69.4 Å². The van der Waals surface area contributed by atoms with Crippen molar-refractivity contribution < 1.29 is 9.18 Å². The van der Waals surface area contributed by atoms with Gasteiger partial charge in [0, 0.05) is 5.69 Å². The van der Waals surface area contributed by atoms with Crippen molar-refractivity contribution in [3.05, 3.63) is 29.6 Å². The van der Waals surface area contributed by atoms with Crippen LogP contribution in [0.2, 0.25) is 0 Å². The summed E-state index contributed by atoms with van der Waals surface area (Å²) >= 11 is 0. The highest BCUT2D eigenvalue weighted by Crippen LogP contribution is 2.12. The standard InChI is InChI=1S/C8H9FN2O/c1-5-2-3-6(4-7(5)9)11-8(10)12/h2-4H,1H3,(H3,10,11,12). The molecule has 0 atom stereocenters. The molecule has 0 saturated carbocycles. The maximum absolute atomic E-state index is 12.8. The molecule has 12 heavy (non-hydrogen) atoms. The molecule has 0 aromatic heterocycles. The van der Waals surface area contributed by atoms with Crippen LogP contribution in [0.1, 0.15) is 5.56 Å². The number of amides is 2. The quantitative estimate of drug-likeness (QED) is 0.657. The first-order valence-corrected chi connectivity index (χ1v) is 3.42. The molecular weight excluding hydrogens is 159 g/mol. The van der Waals surface area contributed by atoms with Gasteiger partial charge in [0.2, 0.25) is 0 Å². The molecule has 1 rings (SSSR count). The summed E-state index contributed by atoms with van der Waals surface area (Å²) in [7, 11) is 0. The minimum absolute atomic E-state index is 0.360. The second kappa shape index (κ2) is 3.21. The van der Waals surface area contributed by atoms with Gasteiger partial charge < -0.3 is 11.1 Å². The molecule has 2 amide bonds. The molecule has 4 heteroatoms. The van der Waals surface area contributed by atoms with Crippen LogP contribution >= 0.6 is 0 Å². The SMILES string of the molecule is Cc1ccc(NC(N)=O)cc1F. The number of primary amides is 1.